The van der Waals surface area contributed by atoms with Gasteiger partial charge in [0, 0.05) is 13.0 Å². The van der Waals surface area contributed by atoms with Crippen LogP contribution < -0.4 is 0 Å². The minimum Gasteiger partial charge on any atom is -0.507 e. The standard InChI is InChI=1S/C21H23N3O2S/c1-4-24-20(18-7-5-6-8-19(18)26)22-23-21(24)27-13-17(25)12-16-11-14(2)9-10-15(16)3/h5-11,26H,4,12-13H2,1-3H3. The summed E-state index contributed by atoms with van der Waals surface area (Å²) in [6.45, 7) is 6.72. The minimum absolute atomic E-state index is 0.156. The highest BCUT2D eigenvalue weighted by Crippen LogP contribution is 2.30. The molecule has 0 aliphatic heterocycles. The van der Waals surface area contributed by atoms with Gasteiger partial charge in [0.1, 0.15) is 11.5 Å². The lowest BCUT2D eigenvalue weighted by molar-refractivity contribution is -0.116. The topological polar surface area (TPSA) is 68.0 Å². The van der Waals surface area contributed by atoms with Crippen molar-refractivity contribution in [1.82, 2.24) is 14.8 Å². The van der Waals surface area contributed by atoms with Crippen LogP contribution in [-0.4, -0.2) is 31.4 Å². The van der Waals surface area contributed by atoms with Crippen molar-refractivity contribution in [3.05, 3.63) is 59.2 Å². The molecule has 0 saturated carbocycles. The first kappa shape index (κ1) is 19.2. The number of phenolic OH excluding ortho intramolecular Hbond substituents is 1. The van der Waals surface area contributed by atoms with Crippen molar-refractivity contribution in [2.45, 2.75) is 38.9 Å². The summed E-state index contributed by atoms with van der Waals surface area (Å²) in [4.78, 5) is 12.5. The third-order valence-corrected chi connectivity index (χ3v) is 5.46. The monoisotopic (exact) mass is 381 g/mol. The van der Waals surface area contributed by atoms with E-state index in [1.807, 2.05) is 37.5 Å². The number of carbonyl (C=O) groups is 1. The van der Waals surface area contributed by atoms with E-state index in [1.165, 1.54) is 11.8 Å². The molecule has 0 saturated heterocycles. The van der Waals surface area contributed by atoms with Gasteiger partial charge in [0.05, 0.1) is 11.3 Å². The van der Waals surface area contributed by atoms with E-state index in [9.17, 15) is 9.90 Å². The highest BCUT2D eigenvalue weighted by atomic mass is 32.2. The fourth-order valence-corrected chi connectivity index (χ4v) is 3.80. The molecule has 6 heteroatoms. The van der Waals surface area contributed by atoms with E-state index in [0.29, 0.717) is 35.3 Å². The molecule has 0 spiro atoms. The molecule has 0 atom stereocenters. The van der Waals surface area contributed by atoms with Crippen molar-refractivity contribution in [1.29, 1.82) is 0 Å². The third kappa shape index (κ3) is 4.39. The summed E-state index contributed by atoms with van der Waals surface area (Å²) < 4.78 is 1.92. The molecule has 3 aromatic rings. The lowest BCUT2D eigenvalue weighted by Gasteiger charge is -2.09. The van der Waals surface area contributed by atoms with Crippen LogP contribution in [0.5, 0.6) is 5.75 Å². The van der Waals surface area contributed by atoms with Crippen LogP contribution in [0.15, 0.2) is 47.6 Å². The molecule has 0 bridgehead atoms. The normalized spacial score (nSPS) is 10.9. The Morgan fingerprint density at radius 2 is 1.93 bits per heavy atom. The van der Waals surface area contributed by atoms with Gasteiger partial charge in [-0.25, -0.2) is 0 Å². The summed E-state index contributed by atoms with van der Waals surface area (Å²) in [5, 5.41) is 19.2. The van der Waals surface area contributed by atoms with E-state index in [1.54, 1.807) is 12.1 Å². The molecule has 1 heterocycles. The molecule has 0 fully saturated rings. The zero-order chi connectivity index (χ0) is 19.4. The molecular weight excluding hydrogens is 358 g/mol. The zero-order valence-corrected chi connectivity index (χ0v) is 16.6. The molecule has 3 rings (SSSR count). The Kier molecular flexibility index (Phi) is 5.96. The Bertz CT molecular complexity index is 966. The van der Waals surface area contributed by atoms with E-state index in [0.717, 1.165) is 16.7 Å². The second-order valence-corrected chi connectivity index (χ2v) is 7.44. The predicted octanol–water partition coefficient (Wildman–Crippen LogP) is 4.19. The number of aromatic hydroxyl groups is 1. The maximum atomic E-state index is 12.5. The number of thioether (sulfide) groups is 1. The molecule has 2 aromatic carbocycles. The van der Waals surface area contributed by atoms with Crippen molar-refractivity contribution < 1.29 is 9.90 Å². The third-order valence-electron chi connectivity index (χ3n) is 4.43. The van der Waals surface area contributed by atoms with Gasteiger partial charge >= 0.3 is 0 Å². The van der Waals surface area contributed by atoms with Gasteiger partial charge in [-0.1, -0.05) is 47.7 Å². The van der Waals surface area contributed by atoms with Crippen LogP contribution in [0, 0.1) is 13.8 Å². The first-order valence-electron chi connectivity index (χ1n) is 8.91. The summed E-state index contributed by atoms with van der Waals surface area (Å²) in [7, 11) is 0. The van der Waals surface area contributed by atoms with Crippen molar-refractivity contribution in [2.24, 2.45) is 0 Å². The molecule has 1 aromatic heterocycles. The van der Waals surface area contributed by atoms with Gasteiger partial charge in [-0.05, 0) is 44.0 Å². The molecule has 1 N–H and O–H groups in total. The Morgan fingerprint density at radius 1 is 1.15 bits per heavy atom. The second kappa shape index (κ2) is 8.39. The minimum atomic E-state index is 0.156. The van der Waals surface area contributed by atoms with Crippen LogP contribution >= 0.6 is 11.8 Å². The van der Waals surface area contributed by atoms with Gasteiger partial charge < -0.3 is 9.67 Å². The van der Waals surface area contributed by atoms with Crippen LogP contribution in [-0.2, 0) is 17.8 Å². The summed E-state index contributed by atoms with van der Waals surface area (Å²) in [5.41, 5.74) is 4.01. The maximum absolute atomic E-state index is 12.5. The predicted molar refractivity (Wildman–Crippen MR) is 108 cm³/mol. The fraction of sp³-hybridized carbons (Fsp3) is 0.286. The number of aryl methyl sites for hydroxylation is 2. The molecular formula is C21H23N3O2S. The smallest absolute Gasteiger partial charge is 0.191 e. The Morgan fingerprint density at radius 3 is 2.67 bits per heavy atom. The highest BCUT2D eigenvalue weighted by Gasteiger charge is 2.17. The number of aromatic nitrogens is 3. The average molecular weight is 382 g/mol. The largest absolute Gasteiger partial charge is 0.507 e. The summed E-state index contributed by atoms with van der Waals surface area (Å²) in [6.07, 6.45) is 0.424. The van der Waals surface area contributed by atoms with Crippen molar-refractivity contribution in [2.75, 3.05) is 5.75 Å². The van der Waals surface area contributed by atoms with Gasteiger partial charge in [0.15, 0.2) is 11.0 Å². The van der Waals surface area contributed by atoms with Gasteiger partial charge in [0.25, 0.3) is 0 Å². The number of para-hydroxylation sites is 1. The molecule has 0 unspecified atom stereocenters. The number of phenols is 1. The Labute approximate surface area is 163 Å². The van der Waals surface area contributed by atoms with Gasteiger partial charge in [-0.3, -0.25) is 4.79 Å². The van der Waals surface area contributed by atoms with Gasteiger partial charge in [-0.15, -0.1) is 10.2 Å². The maximum Gasteiger partial charge on any atom is 0.191 e. The molecule has 27 heavy (non-hydrogen) atoms. The summed E-state index contributed by atoms with van der Waals surface area (Å²) in [5.74, 6) is 1.28. The Hall–Kier alpha value is -2.60. The van der Waals surface area contributed by atoms with Crippen LogP contribution in [0.3, 0.4) is 0 Å². The van der Waals surface area contributed by atoms with E-state index in [4.69, 9.17) is 0 Å². The first-order valence-corrected chi connectivity index (χ1v) is 9.90. The number of benzene rings is 2. The number of ketones is 1. The number of nitrogens with zero attached hydrogens (tertiary/aromatic N) is 3. The van der Waals surface area contributed by atoms with E-state index >= 15 is 0 Å². The molecule has 0 aliphatic rings. The molecule has 0 radical (unpaired) electrons. The van der Waals surface area contributed by atoms with Crippen LogP contribution in [0.4, 0.5) is 0 Å². The lowest BCUT2D eigenvalue weighted by atomic mass is 10.0. The van der Waals surface area contributed by atoms with Crippen LogP contribution in [0.1, 0.15) is 23.6 Å². The van der Waals surface area contributed by atoms with E-state index in [-0.39, 0.29) is 11.5 Å². The number of carbonyl (C=O) groups excluding carboxylic acids is 1. The van der Waals surface area contributed by atoms with Crippen molar-refractivity contribution >= 4 is 17.5 Å². The second-order valence-electron chi connectivity index (χ2n) is 6.50. The van der Waals surface area contributed by atoms with E-state index in [2.05, 4.69) is 28.4 Å². The Balaban J connectivity index is 1.72. The molecule has 5 nitrogen and oxygen atoms in total. The number of hydrogen-bond acceptors (Lipinski definition) is 5. The fourth-order valence-electron chi connectivity index (χ4n) is 2.94. The van der Waals surface area contributed by atoms with Gasteiger partial charge in [0.2, 0.25) is 0 Å². The number of rotatable bonds is 7. The van der Waals surface area contributed by atoms with Crippen LogP contribution in [0.25, 0.3) is 11.4 Å². The lowest BCUT2D eigenvalue weighted by Crippen LogP contribution is -2.08. The SMILES string of the molecule is CCn1c(SCC(=O)Cc2cc(C)ccc2C)nnc1-c1ccccc1O. The van der Waals surface area contributed by atoms with Crippen molar-refractivity contribution in [3.63, 3.8) is 0 Å². The van der Waals surface area contributed by atoms with E-state index < -0.39 is 0 Å². The number of Topliss-reactive ketones (excluding diaryl/α,β-unsaturated/α-hetero) is 1. The van der Waals surface area contributed by atoms with Crippen molar-refractivity contribution in [3.8, 4) is 17.1 Å². The average Bonchev–Trinajstić information content (AvgIpc) is 3.06. The van der Waals surface area contributed by atoms with Gasteiger partial charge in [-0.2, -0.15) is 0 Å². The summed E-state index contributed by atoms with van der Waals surface area (Å²) >= 11 is 1.39. The summed E-state index contributed by atoms with van der Waals surface area (Å²) in [6, 6.07) is 13.2. The molecule has 140 valence electrons. The highest BCUT2D eigenvalue weighted by molar-refractivity contribution is 7.99. The first-order chi connectivity index (χ1) is 13.0. The zero-order valence-electron chi connectivity index (χ0n) is 15.8. The quantitative estimate of drug-likeness (QED) is 0.622. The van der Waals surface area contributed by atoms with Crippen LogP contribution in [0.2, 0.25) is 0 Å². The molecule has 0 amide bonds. The molecule has 0 aliphatic carbocycles. The number of hydrogen-bond donors (Lipinski definition) is 1.